The molecule has 3 rings (SSSR count). The number of benzene rings is 2. The zero-order valence-electron chi connectivity index (χ0n) is 15.8. The molecule has 4 nitrogen and oxygen atoms in total. The van der Waals surface area contributed by atoms with Crippen LogP contribution < -0.4 is 5.32 Å². The van der Waals surface area contributed by atoms with E-state index in [4.69, 9.17) is 11.6 Å². The van der Waals surface area contributed by atoms with Gasteiger partial charge in [-0.3, -0.25) is 14.6 Å². The van der Waals surface area contributed by atoms with Crippen molar-refractivity contribution in [1.29, 1.82) is 0 Å². The third-order valence-electron chi connectivity index (χ3n) is 4.97. The Morgan fingerprint density at radius 2 is 1.70 bits per heavy atom. The number of carbonyl (C=O) groups is 1. The zero-order valence-corrected chi connectivity index (χ0v) is 16.5. The van der Waals surface area contributed by atoms with Gasteiger partial charge in [-0.2, -0.15) is 0 Å². The minimum absolute atomic E-state index is 0.0196. The summed E-state index contributed by atoms with van der Waals surface area (Å²) < 4.78 is 13.3. The van der Waals surface area contributed by atoms with Gasteiger partial charge in [-0.05, 0) is 42.7 Å². The summed E-state index contributed by atoms with van der Waals surface area (Å²) >= 11 is 5.85. The summed E-state index contributed by atoms with van der Waals surface area (Å²) in [6.07, 6.45) is 0. The van der Waals surface area contributed by atoms with E-state index in [0.717, 1.165) is 55.1 Å². The maximum Gasteiger partial charge on any atom is 0.238 e. The molecule has 1 saturated heterocycles. The number of rotatable bonds is 5. The summed E-state index contributed by atoms with van der Waals surface area (Å²) in [7, 11) is 0. The number of carbonyl (C=O) groups excluding carboxylic acids is 1. The zero-order chi connectivity index (χ0) is 19.4. The number of halogens is 2. The fourth-order valence-corrected chi connectivity index (χ4v) is 3.60. The smallest absolute Gasteiger partial charge is 0.238 e. The molecule has 0 saturated carbocycles. The minimum atomic E-state index is -0.389. The lowest BCUT2D eigenvalue weighted by atomic mass is 10.1. The summed E-state index contributed by atoms with van der Waals surface area (Å²) in [6, 6.07) is 10.9. The number of nitrogens with zero attached hydrogens (tertiary/aromatic N) is 2. The number of hydrogen-bond donors (Lipinski definition) is 1. The summed E-state index contributed by atoms with van der Waals surface area (Å²) in [6.45, 7) is 8.53. The van der Waals surface area contributed by atoms with Gasteiger partial charge in [0.1, 0.15) is 5.82 Å². The highest BCUT2D eigenvalue weighted by Crippen LogP contribution is 2.20. The summed E-state index contributed by atoms with van der Waals surface area (Å²) in [5.74, 6) is -0.369. The first kappa shape index (κ1) is 19.8. The Morgan fingerprint density at radius 3 is 2.33 bits per heavy atom. The molecule has 0 aliphatic carbocycles. The van der Waals surface area contributed by atoms with Crippen LogP contribution in [0.3, 0.4) is 0 Å². The first-order chi connectivity index (χ1) is 12.9. The van der Waals surface area contributed by atoms with Crippen molar-refractivity contribution in [2.75, 3.05) is 38.0 Å². The lowest BCUT2D eigenvalue weighted by Crippen LogP contribution is -2.48. The van der Waals surface area contributed by atoms with Crippen LogP contribution in [0.15, 0.2) is 36.4 Å². The topological polar surface area (TPSA) is 35.6 Å². The van der Waals surface area contributed by atoms with Crippen molar-refractivity contribution in [1.82, 2.24) is 9.80 Å². The van der Waals surface area contributed by atoms with Crippen molar-refractivity contribution >= 4 is 23.2 Å². The Labute approximate surface area is 164 Å². The second-order valence-electron chi connectivity index (χ2n) is 7.12. The predicted molar refractivity (Wildman–Crippen MR) is 108 cm³/mol. The van der Waals surface area contributed by atoms with Crippen molar-refractivity contribution in [3.8, 4) is 0 Å². The third kappa shape index (κ3) is 5.28. The molecule has 0 radical (unpaired) electrons. The molecule has 1 fully saturated rings. The fraction of sp³-hybridized carbons (Fsp3) is 0.381. The van der Waals surface area contributed by atoms with E-state index in [0.29, 0.717) is 6.54 Å². The number of amides is 1. The van der Waals surface area contributed by atoms with Crippen LogP contribution in [0.1, 0.15) is 16.7 Å². The molecular weight excluding hydrogens is 365 g/mol. The Kier molecular flexibility index (Phi) is 6.47. The molecule has 0 unspecified atom stereocenters. The number of anilines is 1. The van der Waals surface area contributed by atoms with Crippen LogP contribution in [0.5, 0.6) is 0 Å². The second-order valence-corrected chi connectivity index (χ2v) is 7.52. The normalized spacial score (nSPS) is 15.7. The molecule has 2 aromatic rings. The van der Waals surface area contributed by atoms with E-state index in [2.05, 4.69) is 15.1 Å². The van der Waals surface area contributed by atoms with Crippen LogP contribution in [0.2, 0.25) is 5.02 Å². The van der Waals surface area contributed by atoms with Crippen LogP contribution in [0, 0.1) is 19.7 Å². The lowest BCUT2D eigenvalue weighted by Gasteiger charge is -2.34. The van der Waals surface area contributed by atoms with Crippen molar-refractivity contribution in [3.63, 3.8) is 0 Å². The van der Waals surface area contributed by atoms with Crippen molar-refractivity contribution in [2.45, 2.75) is 20.4 Å². The fourth-order valence-electron chi connectivity index (χ4n) is 3.40. The largest absolute Gasteiger partial charge is 0.324 e. The number of hydrogen-bond acceptors (Lipinski definition) is 3. The highest BCUT2D eigenvalue weighted by Gasteiger charge is 2.20. The van der Waals surface area contributed by atoms with E-state index in [9.17, 15) is 9.18 Å². The van der Waals surface area contributed by atoms with Crippen molar-refractivity contribution in [2.24, 2.45) is 0 Å². The molecular formula is C21H25ClFN3O. The van der Waals surface area contributed by atoms with Crippen LogP contribution in [0.25, 0.3) is 0 Å². The van der Waals surface area contributed by atoms with Crippen LogP contribution in [-0.4, -0.2) is 48.4 Å². The van der Waals surface area contributed by atoms with E-state index in [1.807, 2.05) is 32.0 Å². The maximum atomic E-state index is 13.3. The molecule has 6 heteroatoms. The average molecular weight is 390 g/mol. The molecule has 0 bridgehead atoms. The first-order valence-corrected chi connectivity index (χ1v) is 9.55. The van der Waals surface area contributed by atoms with E-state index in [1.54, 1.807) is 12.1 Å². The van der Waals surface area contributed by atoms with Gasteiger partial charge < -0.3 is 5.32 Å². The molecule has 1 aliphatic heterocycles. The third-order valence-corrected chi connectivity index (χ3v) is 5.26. The molecule has 1 amide bonds. The van der Waals surface area contributed by atoms with Crippen molar-refractivity contribution in [3.05, 3.63) is 63.9 Å². The van der Waals surface area contributed by atoms with Crippen LogP contribution in [-0.2, 0) is 11.3 Å². The highest BCUT2D eigenvalue weighted by atomic mass is 35.5. The number of aryl methyl sites for hydroxylation is 2. The minimum Gasteiger partial charge on any atom is -0.324 e. The Balaban J connectivity index is 1.47. The van der Waals surface area contributed by atoms with Gasteiger partial charge in [0.15, 0.2) is 0 Å². The molecule has 144 valence electrons. The van der Waals surface area contributed by atoms with E-state index >= 15 is 0 Å². The van der Waals surface area contributed by atoms with Gasteiger partial charge in [-0.1, -0.05) is 35.9 Å². The molecule has 0 atom stereocenters. The Hall–Kier alpha value is -1.95. The maximum absolute atomic E-state index is 13.3. The van der Waals surface area contributed by atoms with Gasteiger partial charge in [0.2, 0.25) is 5.91 Å². The summed E-state index contributed by atoms with van der Waals surface area (Å²) in [5.41, 5.74) is 4.06. The number of nitrogens with one attached hydrogen (secondary N) is 1. The molecule has 2 aromatic carbocycles. The van der Waals surface area contributed by atoms with Gasteiger partial charge in [-0.25, -0.2) is 4.39 Å². The molecule has 1 heterocycles. The summed E-state index contributed by atoms with van der Waals surface area (Å²) in [4.78, 5) is 16.9. The Bertz CT molecular complexity index is 799. The molecule has 1 aliphatic rings. The number of piperazine rings is 1. The average Bonchev–Trinajstić information content (AvgIpc) is 2.63. The Morgan fingerprint density at radius 1 is 1.07 bits per heavy atom. The van der Waals surface area contributed by atoms with Crippen LogP contribution in [0.4, 0.5) is 10.1 Å². The standard InChI is InChI=1S/C21H25ClFN3O/c1-15-4-3-5-16(2)21(15)24-20(27)14-26-10-8-25(9-11-26)13-17-6-7-19(23)18(22)12-17/h3-7,12H,8-11,13-14H2,1-2H3,(H,24,27). The van der Waals surface area contributed by atoms with Gasteiger partial charge in [0.25, 0.3) is 0 Å². The van der Waals surface area contributed by atoms with Gasteiger partial charge in [0.05, 0.1) is 11.6 Å². The molecule has 0 spiro atoms. The highest BCUT2D eigenvalue weighted by molar-refractivity contribution is 6.30. The SMILES string of the molecule is Cc1cccc(C)c1NC(=O)CN1CCN(Cc2ccc(F)c(Cl)c2)CC1. The first-order valence-electron chi connectivity index (χ1n) is 9.17. The van der Waals surface area contributed by atoms with Gasteiger partial charge in [-0.15, -0.1) is 0 Å². The predicted octanol–water partition coefficient (Wildman–Crippen LogP) is 3.85. The van der Waals surface area contributed by atoms with E-state index in [-0.39, 0.29) is 16.7 Å². The van der Waals surface area contributed by atoms with Crippen molar-refractivity contribution < 1.29 is 9.18 Å². The van der Waals surface area contributed by atoms with E-state index < -0.39 is 0 Å². The monoisotopic (exact) mass is 389 g/mol. The number of para-hydroxylation sites is 1. The van der Waals surface area contributed by atoms with E-state index in [1.165, 1.54) is 6.07 Å². The quantitative estimate of drug-likeness (QED) is 0.843. The molecule has 0 aromatic heterocycles. The molecule has 27 heavy (non-hydrogen) atoms. The molecule has 1 N–H and O–H groups in total. The van der Waals surface area contributed by atoms with Gasteiger partial charge >= 0.3 is 0 Å². The van der Waals surface area contributed by atoms with Gasteiger partial charge in [0, 0.05) is 38.4 Å². The lowest BCUT2D eigenvalue weighted by molar-refractivity contribution is -0.117. The summed E-state index contributed by atoms with van der Waals surface area (Å²) in [5, 5.41) is 3.21. The second kappa shape index (κ2) is 8.83. The van der Waals surface area contributed by atoms with Crippen LogP contribution >= 0.6 is 11.6 Å².